The lowest BCUT2D eigenvalue weighted by Crippen LogP contribution is -2.36. The van der Waals surface area contributed by atoms with Crippen molar-refractivity contribution < 1.29 is 4.39 Å². The maximum absolute atomic E-state index is 14.0. The molecule has 0 amide bonds. The highest BCUT2D eigenvalue weighted by atomic mass is 19.1. The minimum atomic E-state index is -0.277. The Balaban J connectivity index is 2.23. The summed E-state index contributed by atoms with van der Waals surface area (Å²) in [5, 5.41) is 0. The Kier molecular flexibility index (Phi) is 4.46. The van der Waals surface area contributed by atoms with Crippen LogP contribution < -0.4 is 10.6 Å². The Labute approximate surface area is 115 Å². The highest BCUT2D eigenvalue weighted by Gasteiger charge is 2.24. The van der Waals surface area contributed by atoms with Gasteiger partial charge in [-0.2, -0.15) is 0 Å². The molecule has 1 unspecified atom stereocenters. The number of anilines is 1. The van der Waals surface area contributed by atoms with Crippen LogP contribution in [0.1, 0.15) is 51.1 Å². The van der Waals surface area contributed by atoms with Crippen LogP contribution in [0, 0.1) is 11.7 Å². The predicted octanol–water partition coefficient (Wildman–Crippen LogP) is 3.86. The summed E-state index contributed by atoms with van der Waals surface area (Å²) >= 11 is 0. The molecule has 2 nitrogen and oxygen atoms in total. The van der Waals surface area contributed by atoms with Crippen molar-refractivity contribution in [3.05, 3.63) is 29.6 Å². The van der Waals surface area contributed by atoms with E-state index in [2.05, 4.69) is 18.9 Å². The van der Waals surface area contributed by atoms with Crippen LogP contribution >= 0.6 is 0 Å². The first-order valence-corrected chi connectivity index (χ1v) is 7.27. The van der Waals surface area contributed by atoms with Gasteiger partial charge in [-0.05, 0) is 50.7 Å². The Morgan fingerprint density at radius 2 is 1.89 bits per heavy atom. The fourth-order valence-electron chi connectivity index (χ4n) is 3.11. The molecular formula is C16H25FN2. The number of hydrogen-bond acceptors (Lipinski definition) is 2. The number of rotatable bonds is 3. The largest absolute Gasteiger partial charge is 0.371 e. The van der Waals surface area contributed by atoms with Crippen LogP contribution in [-0.2, 0) is 0 Å². The van der Waals surface area contributed by atoms with Gasteiger partial charge in [0.15, 0.2) is 0 Å². The smallest absolute Gasteiger partial charge is 0.130 e. The van der Waals surface area contributed by atoms with Gasteiger partial charge in [0.2, 0.25) is 0 Å². The number of nitrogens with two attached hydrogens (primary N) is 1. The van der Waals surface area contributed by atoms with Crippen LogP contribution in [0.3, 0.4) is 0 Å². The van der Waals surface area contributed by atoms with Crippen molar-refractivity contribution >= 4 is 5.69 Å². The minimum Gasteiger partial charge on any atom is -0.371 e. The van der Waals surface area contributed by atoms with Gasteiger partial charge < -0.3 is 10.6 Å². The summed E-state index contributed by atoms with van der Waals surface area (Å²) in [4.78, 5) is 2.23. The molecule has 1 aliphatic rings. The molecule has 0 saturated heterocycles. The minimum absolute atomic E-state index is 0.191. The van der Waals surface area contributed by atoms with Gasteiger partial charge >= 0.3 is 0 Å². The van der Waals surface area contributed by atoms with E-state index in [1.54, 1.807) is 6.07 Å². The van der Waals surface area contributed by atoms with Crippen molar-refractivity contribution in [2.45, 2.75) is 51.6 Å². The van der Waals surface area contributed by atoms with E-state index < -0.39 is 0 Å². The van der Waals surface area contributed by atoms with Crippen LogP contribution in [0.2, 0.25) is 0 Å². The molecule has 1 atom stereocenters. The molecular weight excluding hydrogens is 239 g/mol. The molecule has 0 heterocycles. The van der Waals surface area contributed by atoms with E-state index in [9.17, 15) is 4.39 Å². The molecule has 3 heteroatoms. The molecule has 1 aliphatic carbocycles. The molecule has 1 saturated carbocycles. The molecule has 106 valence electrons. The van der Waals surface area contributed by atoms with Gasteiger partial charge in [-0.15, -0.1) is 0 Å². The van der Waals surface area contributed by atoms with Gasteiger partial charge in [-0.1, -0.05) is 13.0 Å². The second-order valence-corrected chi connectivity index (χ2v) is 5.99. The summed E-state index contributed by atoms with van der Waals surface area (Å²) in [7, 11) is 2.07. The number of hydrogen-bond donors (Lipinski definition) is 1. The third-order valence-corrected chi connectivity index (χ3v) is 4.40. The van der Waals surface area contributed by atoms with Gasteiger partial charge in [-0.3, -0.25) is 0 Å². The third kappa shape index (κ3) is 3.08. The summed E-state index contributed by atoms with van der Waals surface area (Å²) in [6.07, 6.45) is 4.90. The predicted molar refractivity (Wildman–Crippen MR) is 78.8 cm³/mol. The summed E-state index contributed by atoms with van der Waals surface area (Å²) in [5.41, 5.74) is 7.53. The van der Waals surface area contributed by atoms with Gasteiger partial charge in [0, 0.05) is 30.4 Å². The summed E-state index contributed by atoms with van der Waals surface area (Å²) in [5.74, 6) is 0.633. The molecule has 2 rings (SSSR count). The lowest BCUT2D eigenvalue weighted by Gasteiger charge is -2.36. The second kappa shape index (κ2) is 5.91. The summed E-state index contributed by atoms with van der Waals surface area (Å²) in [6.45, 7) is 4.16. The second-order valence-electron chi connectivity index (χ2n) is 5.99. The van der Waals surface area contributed by atoms with E-state index in [-0.39, 0.29) is 11.9 Å². The van der Waals surface area contributed by atoms with Crippen LogP contribution in [0.15, 0.2) is 18.2 Å². The lowest BCUT2D eigenvalue weighted by molar-refractivity contribution is 0.340. The molecule has 0 spiro atoms. The van der Waals surface area contributed by atoms with Crippen LogP contribution in [0.5, 0.6) is 0 Å². The van der Waals surface area contributed by atoms with E-state index in [4.69, 9.17) is 5.73 Å². The first-order valence-electron chi connectivity index (χ1n) is 7.27. The number of nitrogens with zero attached hydrogens (tertiary/aromatic N) is 1. The van der Waals surface area contributed by atoms with E-state index >= 15 is 0 Å². The van der Waals surface area contributed by atoms with E-state index in [0.717, 1.165) is 11.6 Å². The monoisotopic (exact) mass is 264 g/mol. The standard InChI is InChI=1S/C16H25FN2/c1-11-7-9-13(10-8-11)19(3)15-6-4-5-14(17)16(15)12(2)18/h4-6,11-13H,7-10,18H2,1-3H3. The van der Waals surface area contributed by atoms with Crippen molar-refractivity contribution in [3.8, 4) is 0 Å². The van der Waals surface area contributed by atoms with Crippen LogP contribution in [-0.4, -0.2) is 13.1 Å². The highest BCUT2D eigenvalue weighted by Crippen LogP contribution is 2.33. The van der Waals surface area contributed by atoms with Gasteiger partial charge in [-0.25, -0.2) is 4.39 Å². The van der Waals surface area contributed by atoms with Gasteiger partial charge in [0.05, 0.1) is 0 Å². The zero-order valence-electron chi connectivity index (χ0n) is 12.2. The summed E-state index contributed by atoms with van der Waals surface area (Å²) < 4.78 is 14.0. The molecule has 0 bridgehead atoms. The Morgan fingerprint density at radius 3 is 2.47 bits per heavy atom. The Hall–Kier alpha value is -1.09. The maximum atomic E-state index is 14.0. The SMILES string of the molecule is CC1CCC(N(C)c2cccc(F)c2C(C)N)CC1. The van der Waals surface area contributed by atoms with Crippen LogP contribution in [0.25, 0.3) is 0 Å². The van der Waals surface area contributed by atoms with Crippen molar-refractivity contribution in [1.82, 2.24) is 0 Å². The topological polar surface area (TPSA) is 29.3 Å². The zero-order chi connectivity index (χ0) is 14.0. The van der Waals surface area contributed by atoms with Crippen LogP contribution in [0.4, 0.5) is 10.1 Å². The average molecular weight is 264 g/mol. The molecule has 19 heavy (non-hydrogen) atoms. The molecule has 0 radical (unpaired) electrons. The van der Waals surface area contributed by atoms with Crippen molar-refractivity contribution in [3.63, 3.8) is 0 Å². The van der Waals surface area contributed by atoms with E-state index in [1.165, 1.54) is 31.7 Å². The lowest BCUT2D eigenvalue weighted by atomic mass is 9.86. The highest BCUT2D eigenvalue weighted by molar-refractivity contribution is 5.55. The quantitative estimate of drug-likeness (QED) is 0.898. The van der Waals surface area contributed by atoms with Gasteiger partial charge in [0.25, 0.3) is 0 Å². The molecule has 1 aromatic rings. The van der Waals surface area contributed by atoms with E-state index in [0.29, 0.717) is 11.6 Å². The molecule has 2 N–H and O–H groups in total. The van der Waals surface area contributed by atoms with Crippen molar-refractivity contribution in [1.29, 1.82) is 0 Å². The average Bonchev–Trinajstić information content (AvgIpc) is 2.38. The fourth-order valence-corrected chi connectivity index (χ4v) is 3.11. The first kappa shape index (κ1) is 14.3. The number of halogens is 1. The molecule has 0 aromatic heterocycles. The molecule has 1 fully saturated rings. The molecule has 1 aromatic carbocycles. The van der Waals surface area contributed by atoms with Crippen molar-refractivity contribution in [2.75, 3.05) is 11.9 Å². The van der Waals surface area contributed by atoms with Gasteiger partial charge in [0.1, 0.15) is 5.82 Å². The first-order chi connectivity index (χ1) is 9.00. The fraction of sp³-hybridized carbons (Fsp3) is 0.625. The number of benzene rings is 1. The van der Waals surface area contributed by atoms with Crippen molar-refractivity contribution in [2.24, 2.45) is 11.7 Å². The zero-order valence-corrected chi connectivity index (χ0v) is 12.2. The third-order valence-electron chi connectivity index (χ3n) is 4.40. The van der Waals surface area contributed by atoms with E-state index in [1.807, 2.05) is 13.0 Å². The molecule has 0 aliphatic heterocycles. The Morgan fingerprint density at radius 1 is 1.26 bits per heavy atom. The normalized spacial score (nSPS) is 25.1. The summed E-state index contributed by atoms with van der Waals surface area (Å²) in [6, 6.07) is 5.49. The Bertz CT molecular complexity index is 423. The maximum Gasteiger partial charge on any atom is 0.130 e.